The lowest BCUT2D eigenvalue weighted by Crippen LogP contribution is -2.27. The molecule has 1 aliphatic carbocycles. The van der Waals surface area contributed by atoms with Crippen molar-refractivity contribution in [3.63, 3.8) is 0 Å². The smallest absolute Gasteiger partial charge is 0.246 e. The Kier molecular flexibility index (Phi) is 5.45. The van der Waals surface area contributed by atoms with Crippen LogP contribution in [0.15, 0.2) is 48.9 Å². The Balaban J connectivity index is 1.36. The largest absolute Gasteiger partial charge is 0.383 e. The van der Waals surface area contributed by atoms with Crippen molar-refractivity contribution in [2.24, 2.45) is 0 Å². The number of carbonyl (C=O) groups excluding carboxylic acids is 1. The number of likely N-dealkylation sites (tertiary alicyclic amines) is 1. The van der Waals surface area contributed by atoms with E-state index < -0.39 is 5.82 Å². The Labute approximate surface area is 226 Å². The Hall–Kier alpha value is -4.56. The van der Waals surface area contributed by atoms with Crippen molar-refractivity contribution >= 4 is 45.0 Å². The number of halogens is 1. The minimum atomic E-state index is -0.412. The van der Waals surface area contributed by atoms with E-state index in [1.807, 2.05) is 14.6 Å². The van der Waals surface area contributed by atoms with Gasteiger partial charge in [-0.3, -0.25) is 9.48 Å². The van der Waals surface area contributed by atoms with Crippen LogP contribution >= 0.6 is 11.3 Å². The average molecular weight is 539 g/mol. The van der Waals surface area contributed by atoms with E-state index in [0.29, 0.717) is 42.1 Å². The third kappa shape index (κ3) is 3.95. The number of nitrogens with zero attached hydrogens (tertiary/aromatic N) is 7. The topological polar surface area (TPSA) is 108 Å². The number of nitrogens with two attached hydrogens (primary N) is 1. The van der Waals surface area contributed by atoms with E-state index in [1.54, 1.807) is 29.7 Å². The number of thiazole rings is 1. The van der Waals surface area contributed by atoms with E-state index in [1.165, 1.54) is 23.5 Å². The van der Waals surface area contributed by atoms with Crippen molar-refractivity contribution < 1.29 is 9.18 Å². The summed E-state index contributed by atoms with van der Waals surface area (Å²) in [5.74, 6) is 5.77. The van der Waals surface area contributed by atoms with Gasteiger partial charge in [0.2, 0.25) is 5.91 Å². The second kappa shape index (κ2) is 9.03. The molecule has 1 amide bonds. The maximum Gasteiger partial charge on any atom is 0.246 e. The summed E-state index contributed by atoms with van der Waals surface area (Å²) < 4.78 is 19.1. The summed E-state index contributed by atoms with van der Waals surface area (Å²) in [5, 5.41) is 8.11. The molecule has 1 saturated heterocycles. The summed E-state index contributed by atoms with van der Waals surface area (Å²) in [6.07, 6.45) is 9.39. The highest BCUT2D eigenvalue weighted by molar-refractivity contribution is 7.13. The number of fused-ring (bicyclic) bond motifs is 2. The minimum Gasteiger partial charge on any atom is -0.383 e. The number of anilines is 1. The summed E-state index contributed by atoms with van der Waals surface area (Å²) in [7, 11) is 0. The second-order valence-electron chi connectivity index (χ2n) is 9.80. The summed E-state index contributed by atoms with van der Waals surface area (Å²) >= 11 is 1.48. The van der Waals surface area contributed by atoms with E-state index in [-0.39, 0.29) is 23.3 Å². The molecule has 39 heavy (non-hydrogen) atoms. The maximum atomic E-state index is 15.2. The van der Waals surface area contributed by atoms with Crippen molar-refractivity contribution in [3.05, 3.63) is 66.0 Å². The number of pyridine rings is 1. The van der Waals surface area contributed by atoms with Gasteiger partial charge in [0.15, 0.2) is 0 Å². The molecule has 1 aromatic carbocycles. The molecule has 1 atom stereocenters. The Morgan fingerprint density at radius 3 is 2.82 bits per heavy atom. The number of rotatable bonds is 4. The van der Waals surface area contributed by atoms with Gasteiger partial charge in [0, 0.05) is 43.0 Å². The number of hydrogen-bond acceptors (Lipinski definition) is 7. The monoisotopic (exact) mass is 538 g/mol. The molecule has 0 radical (unpaired) electrons. The summed E-state index contributed by atoms with van der Waals surface area (Å²) in [5.41, 5.74) is 10.0. The van der Waals surface area contributed by atoms with E-state index in [4.69, 9.17) is 10.8 Å². The normalized spacial score (nSPS) is 17.1. The van der Waals surface area contributed by atoms with Crippen LogP contribution in [0.3, 0.4) is 0 Å². The van der Waals surface area contributed by atoms with Gasteiger partial charge in [0.05, 0.1) is 45.4 Å². The zero-order chi connectivity index (χ0) is 26.7. The predicted octanol–water partition coefficient (Wildman–Crippen LogP) is 4.32. The zero-order valence-electron chi connectivity index (χ0n) is 20.8. The quantitative estimate of drug-likeness (QED) is 0.270. The molecule has 1 saturated carbocycles. The average Bonchev–Trinajstić information content (AvgIpc) is 3.36. The van der Waals surface area contributed by atoms with Crippen LogP contribution < -0.4 is 5.73 Å². The third-order valence-electron chi connectivity index (χ3n) is 7.33. The standard InChI is InChI=1S/C28H23FN8OS/c1-2-24(38)35-9-7-18(14-35)37-26-19(28-31-8-10-39-28)13-32-27(30)25(26)21(34-37)6-3-16-11-22-23(12-20(16)29)36(15-33-22)17-4-5-17/h2,8,10-13,15,17-18H,1,4-5,7,9,14H2,(H2,30,32)/t18-/m0/s1. The van der Waals surface area contributed by atoms with E-state index in [2.05, 4.69) is 33.4 Å². The molecule has 0 unspecified atom stereocenters. The first kappa shape index (κ1) is 23.5. The van der Waals surface area contributed by atoms with Crippen LogP contribution in [-0.4, -0.2) is 53.2 Å². The summed E-state index contributed by atoms with van der Waals surface area (Å²) in [6, 6.07) is 3.47. The molecule has 11 heteroatoms. The second-order valence-corrected chi connectivity index (χ2v) is 10.7. The minimum absolute atomic E-state index is 0.105. The molecule has 0 spiro atoms. The number of amides is 1. The van der Waals surface area contributed by atoms with Crippen LogP contribution in [0.5, 0.6) is 0 Å². The van der Waals surface area contributed by atoms with Crippen LogP contribution in [0.25, 0.3) is 32.5 Å². The van der Waals surface area contributed by atoms with E-state index in [0.717, 1.165) is 34.4 Å². The van der Waals surface area contributed by atoms with Gasteiger partial charge in [0.1, 0.15) is 22.3 Å². The molecular weight excluding hydrogens is 515 g/mol. The highest BCUT2D eigenvalue weighted by Crippen LogP contribution is 2.38. The van der Waals surface area contributed by atoms with Crippen molar-refractivity contribution in [2.75, 3.05) is 18.8 Å². The first-order chi connectivity index (χ1) is 19.0. The third-order valence-corrected chi connectivity index (χ3v) is 8.14. The number of imidazole rings is 1. The Morgan fingerprint density at radius 2 is 2.05 bits per heavy atom. The molecule has 2 aliphatic rings. The SMILES string of the molecule is C=CC(=O)N1CC[C@H](n2nc(C#Cc3cc4ncn(C5CC5)c4cc3F)c3c(N)ncc(-c4nccs4)c32)C1. The lowest BCUT2D eigenvalue weighted by atomic mass is 10.1. The summed E-state index contributed by atoms with van der Waals surface area (Å²) in [6.45, 7) is 4.67. The molecule has 0 bridgehead atoms. The van der Waals surface area contributed by atoms with E-state index in [9.17, 15) is 4.79 Å². The fourth-order valence-electron chi connectivity index (χ4n) is 5.24. The van der Waals surface area contributed by atoms with Gasteiger partial charge >= 0.3 is 0 Å². The highest BCUT2D eigenvalue weighted by atomic mass is 32.1. The van der Waals surface area contributed by atoms with Crippen LogP contribution in [0, 0.1) is 17.7 Å². The van der Waals surface area contributed by atoms with Crippen LogP contribution in [0.1, 0.15) is 42.6 Å². The summed E-state index contributed by atoms with van der Waals surface area (Å²) in [4.78, 5) is 27.4. The molecule has 4 aromatic heterocycles. The number of hydrogen-bond donors (Lipinski definition) is 1. The van der Waals surface area contributed by atoms with E-state index >= 15 is 4.39 Å². The molecule has 7 rings (SSSR count). The molecular formula is C28H23FN8OS. The molecule has 5 aromatic rings. The number of benzene rings is 1. The fourth-order valence-corrected chi connectivity index (χ4v) is 5.89. The number of nitrogen functional groups attached to an aromatic ring is 1. The van der Waals surface area contributed by atoms with Gasteiger partial charge in [-0.15, -0.1) is 11.3 Å². The lowest BCUT2D eigenvalue weighted by molar-refractivity contribution is -0.125. The fraction of sp³-hybridized carbons (Fsp3) is 0.250. The van der Waals surface area contributed by atoms with Gasteiger partial charge in [-0.25, -0.2) is 19.3 Å². The van der Waals surface area contributed by atoms with Gasteiger partial charge < -0.3 is 15.2 Å². The Bertz CT molecular complexity index is 1840. The molecule has 1 aliphatic heterocycles. The first-order valence-corrected chi connectivity index (χ1v) is 13.6. The lowest BCUT2D eigenvalue weighted by Gasteiger charge is -2.16. The number of aromatic nitrogens is 6. The molecule has 2 fully saturated rings. The Morgan fingerprint density at radius 1 is 1.18 bits per heavy atom. The van der Waals surface area contributed by atoms with Crippen molar-refractivity contribution in [1.82, 2.24) is 34.2 Å². The van der Waals surface area contributed by atoms with Gasteiger partial charge in [-0.2, -0.15) is 5.10 Å². The van der Waals surface area contributed by atoms with Crippen LogP contribution in [0.4, 0.5) is 10.2 Å². The first-order valence-electron chi connectivity index (χ1n) is 12.7. The van der Waals surface area contributed by atoms with Gasteiger partial charge in [0.25, 0.3) is 0 Å². The molecule has 194 valence electrons. The number of carbonyl (C=O) groups is 1. The van der Waals surface area contributed by atoms with Crippen LogP contribution in [0.2, 0.25) is 0 Å². The molecule has 9 nitrogen and oxygen atoms in total. The highest BCUT2D eigenvalue weighted by Gasteiger charge is 2.31. The van der Waals surface area contributed by atoms with Crippen LogP contribution in [-0.2, 0) is 4.79 Å². The van der Waals surface area contributed by atoms with Crippen molar-refractivity contribution in [3.8, 4) is 22.4 Å². The maximum absolute atomic E-state index is 15.2. The molecule has 5 heterocycles. The van der Waals surface area contributed by atoms with Crippen molar-refractivity contribution in [2.45, 2.75) is 31.3 Å². The zero-order valence-corrected chi connectivity index (χ0v) is 21.7. The van der Waals surface area contributed by atoms with Gasteiger partial charge in [-0.1, -0.05) is 12.5 Å². The molecule has 2 N–H and O–H groups in total. The predicted molar refractivity (Wildman–Crippen MR) is 147 cm³/mol. The van der Waals surface area contributed by atoms with Crippen molar-refractivity contribution in [1.29, 1.82) is 0 Å². The van der Waals surface area contributed by atoms with Gasteiger partial charge in [-0.05, 0) is 37.3 Å².